The van der Waals surface area contributed by atoms with Crippen molar-refractivity contribution >= 4 is 5.91 Å². The van der Waals surface area contributed by atoms with Crippen LogP contribution in [0.1, 0.15) is 37.3 Å². The Morgan fingerprint density at radius 1 is 1.26 bits per heavy atom. The average Bonchev–Trinajstić information content (AvgIpc) is 2.39. The van der Waals surface area contributed by atoms with Crippen LogP contribution >= 0.6 is 0 Å². The monoisotopic (exact) mass is 263 g/mol. The Kier molecular flexibility index (Phi) is 7.19. The smallest absolute Gasteiger partial charge is 0.224 e. The number of aryl methyl sites for hydroxylation is 1. The summed E-state index contributed by atoms with van der Waals surface area (Å²) in [4.78, 5) is 11.8. The Morgan fingerprint density at radius 3 is 2.53 bits per heavy atom. The van der Waals surface area contributed by atoms with Crippen LogP contribution in [-0.4, -0.2) is 24.2 Å². The zero-order valence-corrected chi connectivity index (χ0v) is 12.0. The molecule has 2 N–H and O–H groups in total. The Balaban J connectivity index is 2.35. The van der Waals surface area contributed by atoms with Crippen LogP contribution in [0.3, 0.4) is 0 Å². The van der Waals surface area contributed by atoms with E-state index >= 15 is 0 Å². The van der Waals surface area contributed by atoms with Crippen LogP contribution < -0.4 is 5.32 Å². The minimum absolute atomic E-state index is 0.0582. The van der Waals surface area contributed by atoms with Crippen molar-refractivity contribution in [1.29, 1.82) is 0 Å². The SMILES string of the molecule is CCCC(CCO)CNC(=O)Cc1ccc(C)cc1. The molecule has 1 unspecified atom stereocenters. The first kappa shape index (κ1) is 15.7. The molecule has 0 saturated heterocycles. The summed E-state index contributed by atoms with van der Waals surface area (Å²) >= 11 is 0. The molecule has 0 spiro atoms. The van der Waals surface area contributed by atoms with Crippen molar-refractivity contribution in [3.05, 3.63) is 35.4 Å². The molecule has 1 aromatic carbocycles. The minimum Gasteiger partial charge on any atom is -0.396 e. The van der Waals surface area contributed by atoms with E-state index in [4.69, 9.17) is 5.11 Å². The minimum atomic E-state index is 0.0582. The number of aliphatic hydroxyl groups is 1. The predicted octanol–water partition coefficient (Wildman–Crippen LogP) is 2.45. The second-order valence-corrected chi connectivity index (χ2v) is 5.13. The van der Waals surface area contributed by atoms with Crippen molar-refractivity contribution < 1.29 is 9.90 Å². The number of carbonyl (C=O) groups excluding carboxylic acids is 1. The van der Waals surface area contributed by atoms with Gasteiger partial charge >= 0.3 is 0 Å². The molecule has 106 valence electrons. The molecule has 0 aromatic heterocycles. The van der Waals surface area contributed by atoms with E-state index in [9.17, 15) is 4.79 Å². The molecule has 0 saturated carbocycles. The van der Waals surface area contributed by atoms with Crippen LogP contribution in [0.15, 0.2) is 24.3 Å². The van der Waals surface area contributed by atoms with Crippen molar-refractivity contribution in [1.82, 2.24) is 5.32 Å². The highest BCUT2D eigenvalue weighted by Crippen LogP contribution is 2.09. The van der Waals surface area contributed by atoms with Gasteiger partial charge in [-0.05, 0) is 31.2 Å². The van der Waals surface area contributed by atoms with Gasteiger partial charge in [-0.1, -0.05) is 43.2 Å². The number of amides is 1. The van der Waals surface area contributed by atoms with Gasteiger partial charge in [0, 0.05) is 13.2 Å². The van der Waals surface area contributed by atoms with Crippen LogP contribution in [0.25, 0.3) is 0 Å². The first-order chi connectivity index (χ1) is 9.15. The molecule has 19 heavy (non-hydrogen) atoms. The number of nitrogens with one attached hydrogen (secondary N) is 1. The zero-order valence-electron chi connectivity index (χ0n) is 12.0. The highest BCUT2D eigenvalue weighted by atomic mass is 16.3. The molecule has 1 aromatic rings. The molecule has 0 radical (unpaired) electrons. The zero-order chi connectivity index (χ0) is 14.1. The van der Waals surface area contributed by atoms with E-state index in [1.54, 1.807) is 0 Å². The first-order valence-electron chi connectivity index (χ1n) is 7.08. The van der Waals surface area contributed by atoms with Gasteiger partial charge < -0.3 is 10.4 Å². The highest BCUT2D eigenvalue weighted by molar-refractivity contribution is 5.78. The lowest BCUT2D eigenvalue weighted by Gasteiger charge is -2.15. The normalized spacial score (nSPS) is 12.2. The largest absolute Gasteiger partial charge is 0.396 e. The Hall–Kier alpha value is -1.35. The van der Waals surface area contributed by atoms with Crippen molar-refractivity contribution in [2.24, 2.45) is 5.92 Å². The highest BCUT2D eigenvalue weighted by Gasteiger charge is 2.09. The van der Waals surface area contributed by atoms with Crippen LogP contribution in [0.4, 0.5) is 0 Å². The molecule has 3 heteroatoms. The van der Waals surface area contributed by atoms with E-state index in [0.717, 1.165) is 24.8 Å². The van der Waals surface area contributed by atoms with Gasteiger partial charge in [-0.15, -0.1) is 0 Å². The number of carbonyl (C=O) groups is 1. The molecule has 0 aliphatic heterocycles. The third kappa shape index (κ3) is 6.39. The first-order valence-corrected chi connectivity index (χ1v) is 7.08. The Labute approximate surface area is 116 Å². The fourth-order valence-corrected chi connectivity index (χ4v) is 2.15. The van der Waals surface area contributed by atoms with E-state index in [1.807, 2.05) is 31.2 Å². The molecule has 0 heterocycles. The van der Waals surface area contributed by atoms with Gasteiger partial charge in [0.15, 0.2) is 0 Å². The second-order valence-electron chi connectivity index (χ2n) is 5.13. The lowest BCUT2D eigenvalue weighted by Crippen LogP contribution is -2.30. The molecule has 0 bridgehead atoms. The van der Waals surface area contributed by atoms with E-state index < -0.39 is 0 Å². The number of hydrogen-bond acceptors (Lipinski definition) is 2. The molecular weight excluding hydrogens is 238 g/mol. The van der Waals surface area contributed by atoms with E-state index in [-0.39, 0.29) is 12.5 Å². The third-order valence-electron chi connectivity index (χ3n) is 3.31. The summed E-state index contributed by atoms with van der Waals surface area (Å²) < 4.78 is 0. The maximum atomic E-state index is 11.8. The van der Waals surface area contributed by atoms with Crippen LogP contribution in [-0.2, 0) is 11.2 Å². The molecule has 0 aliphatic rings. The molecule has 1 rings (SSSR count). The Bertz CT molecular complexity index is 367. The average molecular weight is 263 g/mol. The molecule has 3 nitrogen and oxygen atoms in total. The summed E-state index contributed by atoms with van der Waals surface area (Å²) in [5.74, 6) is 0.444. The number of hydrogen-bond donors (Lipinski definition) is 2. The van der Waals surface area contributed by atoms with E-state index in [2.05, 4.69) is 12.2 Å². The van der Waals surface area contributed by atoms with Crippen LogP contribution in [0.2, 0.25) is 0 Å². The maximum absolute atomic E-state index is 11.8. The third-order valence-corrected chi connectivity index (χ3v) is 3.31. The number of benzene rings is 1. The summed E-state index contributed by atoms with van der Waals surface area (Å²) in [5, 5.41) is 11.9. The molecule has 1 atom stereocenters. The standard InChI is InChI=1S/C16H25NO2/c1-3-4-15(9-10-18)12-17-16(19)11-14-7-5-13(2)6-8-14/h5-8,15,18H,3-4,9-12H2,1-2H3,(H,17,19). The van der Waals surface area contributed by atoms with Gasteiger partial charge in [0.25, 0.3) is 0 Å². The van der Waals surface area contributed by atoms with Gasteiger partial charge in [0.05, 0.1) is 6.42 Å². The van der Waals surface area contributed by atoms with Gasteiger partial charge in [-0.3, -0.25) is 4.79 Å². The predicted molar refractivity (Wildman–Crippen MR) is 78.0 cm³/mol. The van der Waals surface area contributed by atoms with Crippen molar-refractivity contribution in [3.8, 4) is 0 Å². The fourth-order valence-electron chi connectivity index (χ4n) is 2.15. The van der Waals surface area contributed by atoms with Crippen LogP contribution in [0, 0.1) is 12.8 Å². The quantitative estimate of drug-likeness (QED) is 0.757. The number of rotatable bonds is 8. The van der Waals surface area contributed by atoms with Crippen molar-refractivity contribution in [3.63, 3.8) is 0 Å². The fraction of sp³-hybridized carbons (Fsp3) is 0.562. The van der Waals surface area contributed by atoms with Gasteiger partial charge in [0.1, 0.15) is 0 Å². The summed E-state index contributed by atoms with van der Waals surface area (Å²) in [6.07, 6.45) is 3.32. The maximum Gasteiger partial charge on any atom is 0.224 e. The molecule has 0 aliphatic carbocycles. The summed E-state index contributed by atoms with van der Waals surface area (Å²) in [6.45, 7) is 5.02. The topological polar surface area (TPSA) is 49.3 Å². The van der Waals surface area contributed by atoms with Crippen LogP contribution in [0.5, 0.6) is 0 Å². The Morgan fingerprint density at radius 2 is 1.95 bits per heavy atom. The number of aliphatic hydroxyl groups excluding tert-OH is 1. The lowest BCUT2D eigenvalue weighted by atomic mass is 10.00. The van der Waals surface area contributed by atoms with Gasteiger partial charge in [-0.2, -0.15) is 0 Å². The summed E-state index contributed by atoms with van der Waals surface area (Å²) in [7, 11) is 0. The summed E-state index contributed by atoms with van der Waals surface area (Å²) in [6, 6.07) is 8.03. The van der Waals surface area contributed by atoms with E-state index in [1.165, 1.54) is 5.56 Å². The second kappa shape index (κ2) is 8.70. The van der Waals surface area contributed by atoms with Crippen molar-refractivity contribution in [2.75, 3.05) is 13.2 Å². The molecule has 0 fully saturated rings. The molecular formula is C16H25NO2. The van der Waals surface area contributed by atoms with Gasteiger partial charge in [-0.25, -0.2) is 0 Å². The summed E-state index contributed by atoms with van der Waals surface area (Å²) in [5.41, 5.74) is 2.24. The van der Waals surface area contributed by atoms with Gasteiger partial charge in [0.2, 0.25) is 5.91 Å². The van der Waals surface area contributed by atoms with Crippen molar-refractivity contribution in [2.45, 2.75) is 39.5 Å². The lowest BCUT2D eigenvalue weighted by molar-refractivity contribution is -0.120. The molecule has 1 amide bonds. The van der Waals surface area contributed by atoms with E-state index in [0.29, 0.717) is 18.9 Å².